The van der Waals surface area contributed by atoms with Crippen molar-refractivity contribution >= 4 is 35.0 Å². The molecule has 0 saturated carbocycles. The third-order valence-corrected chi connectivity index (χ3v) is 5.84. The van der Waals surface area contributed by atoms with Gasteiger partial charge in [-0.1, -0.05) is 42.1 Å². The van der Waals surface area contributed by atoms with Crippen molar-refractivity contribution in [3.8, 4) is 17.1 Å². The SMILES string of the molecule is CCOc1ccc(-c2nnc(SCC(=O)Nc3ccccc3C(=O)Nc3ccccc3)n2N)cc1. The van der Waals surface area contributed by atoms with Gasteiger partial charge in [-0.3, -0.25) is 9.59 Å². The van der Waals surface area contributed by atoms with E-state index in [4.69, 9.17) is 10.6 Å². The number of hydrogen-bond donors (Lipinski definition) is 3. The van der Waals surface area contributed by atoms with Crippen molar-refractivity contribution in [1.82, 2.24) is 14.9 Å². The largest absolute Gasteiger partial charge is 0.494 e. The summed E-state index contributed by atoms with van der Waals surface area (Å²) < 4.78 is 6.79. The summed E-state index contributed by atoms with van der Waals surface area (Å²) in [6.45, 7) is 2.50. The van der Waals surface area contributed by atoms with E-state index in [-0.39, 0.29) is 17.6 Å². The van der Waals surface area contributed by atoms with Crippen LogP contribution in [0.1, 0.15) is 17.3 Å². The zero-order valence-electron chi connectivity index (χ0n) is 19.0. The molecule has 0 atom stereocenters. The number of thioether (sulfide) groups is 1. The topological polar surface area (TPSA) is 124 Å². The highest BCUT2D eigenvalue weighted by molar-refractivity contribution is 7.99. The summed E-state index contributed by atoms with van der Waals surface area (Å²) in [7, 11) is 0. The molecule has 178 valence electrons. The average molecular weight is 489 g/mol. The van der Waals surface area contributed by atoms with Crippen LogP contribution >= 0.6 is 11.8 Å². The Balaban J connectivity index is 1.38. The molecule has 4 aromatic rings. The summed E-state index contributed by atoms with van der Waals surface area (Å²) in [4.78, 5) is 25.4. The smallest absolute Gasteiger partial charge is 0.257 e. The van der Waals surface area contributed by atoms with E-state index in [0.29, 0.717) is 34.5 Å². The molecule has 4 N–H and O–H groups in total. The second-order valence-corrected chi connectivity index (χ2v) is 8.28. The van der Waals surface area contributed by atoms with Crippen LogP contribution in [0.4, 0.5) is 11.4 Å². The lowest BCUT2D eigenvalue weighted by molar-refractivity contribution is -0.113. The quantitative estimate of drug-likeness (QED) is 0.240. The van der Waals surface area contributed by atoms with Gasteiger partial charge in [0, 0.05) is 11.3 Å². The van der Waals surface area contributed by atoms with Crippen molar-refractivity contribution in [2.45, 2.75) is 12.1 Å². The maximum atomic E-state index is 12.7. The van der Waals surface area contributed by atoms with Crippen molar-refractivity contribution in [3.63, 3.8) is 0 Å². The van der Waals surface area contributed by atoms with Gasteiger partial charge in [-0.05, 0) is 55.5 Å². The maximum absolute atomic E-state index is 12.7. The lowest BCUT2D eigenvalue weighted by Crippen LogP contribution is -2.20. The van der Waals surface area contributed by atoms with Gasteiger partial charge in [-0.25, -0.2) is 4.68 Å². The van der Waals surface area contributed by atoms with E-state index < -0.39 is 0 Å². The summed E-state index contributed by atoms with van der Waals surface area (Å²) >= 11 is 1.15. The van der Waals surface area contributed by atoms with Crippen molar-refractivity contribution in [1.29, 1.82) is 0 Å². The number of nitrogens with two attached hydrogens (primary N) is 1. The first-order chi connectivity index (χ1) is 17.0. The number of hydrogen-bond acceptors (Lipinski definition) is 7. The fraction of sp³-hybridized carbons (Fsp3) is 0.120. The van der Waals surface area contributed by atoms with Gasteiger partial charge >= 0.3 is 0 Å². The van der Waals surface area contributed by atoms with Crippen LogP contribution in [0.15, 0.2) is 84.0 Å². The Morgan fingerprint density at radius 2 is 1.66 bits per heavy atom. The van der Waals surface area contributed by atoms with Crippen LogP contribution in [-0.2, 0) is 4.79 Å². The highest BCUT2D eigenvalue weighted by atomic mass is 32.2. The molecule has 0 unspecified atom stereocenters. The third-order valence-electron chi connectivity index (χ3n) is 4.90. The zero-order valence-corrected chi connectivity index (χ0v) is 19.8. The van der Waals surface area contributed by atoms with E-state index >= 15 is 0 Å². The normalized spacial score (nSPS) is 10.5. The van der Waals surface area contributed by atoms with Gasteiger partial charge < -0.3 is 21.2 Å². The minimum absolute atomic E-state index is 0.0350. The van der Waals surface area contributed by atoms with Crippen LogP contribution in [0.25, 0.3) is 11.4 Å². The van der Waals surface area contributed by atoms with Crippen LogP contribution in [0.2, 0.25) is 0 Å². The number of amides is 2. The summed E-state index contributed by atoms with van der Waals surface area (Å²) in [5, 5.41) is 14.2. The Kier molecular flexibility index (Phi) is 7.63. The number of nitrogen functional groups attached to an aromatic ring is 1. The predicted octanol–water partition coefficient (Wildman–Crippen LogP) is 4.04. The molecule has 0 saturated heterocycles. The minimum Gasteiger partial charge on any atom is -0.494 e. The summed E-state index contributed by atoms with van der Waals surface area (Å²) in [6.07, 6.45) is 0. The molecule has 1 heterocycles. The second kappa shape index (κ2) is 11.2. The van der Waals surface area contributed by atoms with Crippen LogP contribution in [0, 0.1) is 0 Å². The molecule has 0 aliphatic rings. The fourth-order valence-corrected chi connectivity index (χ4v) is 3.92. The van der Waals surface area contributed by atoms with Crippen molar-refractivity contribution in [2.24, 2.45) is 0 Å². The van der Waals surface area contributed by atoms with E-state index in [0.717, 1.165) is 23.1 Å². The van der Waals surface area contributed by atoms with Gasteiger partial charge in [0.25, 0.3) is 5.91 Å². The van der Waals surface area contributed by atoms with Gasteiger partial charge in [0.15, 0.2) is 5.82 Å². The molecule has 0 aliphatic heterocycles. The maximum Gasteiger partial charge on any atom is 0.257 e. The summed E-state index contributed by atoms with van der Waals surface area (Å²) in [5.41, 5.74) is 2.21. The lowest BCUT2D eigenvalue weighted by Gasteiger charge is -2.11. The van der Waals surface area contributed by atoms with Gasteiger partial charge in [-0.15, -0.1) is 10.2 Å². The molecule has 9 nitrogen and oxygen atoms in total. The minimum atomic E-state index is -0.318. The Labute approximate surface area is 206 Å². The second-order valence-electron chi connectivity index (χ2n) is 7.34. The van der Waals surface area contributed by atoms with Gasteiger partial charge in [0.1, 0.15) is 5.75 Å². The van der Waals surface area contributed by atoms with Gasteiger partial charge in [-0.2, -0.15) is 0 Å². The Bertz CT molecular complexity index is 1310. The van der Waals surface area contributed by atoms with Crippen molar-refractivity contribution in [2.75, 3.05) is 28.8 Å². The lowest BCUT2D eigenvalue weighted by atomic mass is 10.1. The molecule has 0 spiro atoms. The van der Waals surface area contributed by atoms with E-state index in [2.05, 4.69) is 20.8 Å². The zero-order chi connectivity index (χ0) is 24.6. The van der Waals surface area contributed by atoms with Crippen LogP contribution in [0.3, 0.4) is 0 Å². The average Bonchev–Trinajstić information content (AvgIpc) is 3.24. The number of para-hydroxylation sites is 2. The first-order valence-electron chi connectivity index (χ1n) is 10.9. The molecule has 0 aliphatic carbocycles. The molecule has 10 heteroatoms. The third kappa shape index (κ3) is 5.98. The number of rotatable bonds is 9. The first-order valence-corrected chi connectivity index (χ1v) is 11.9. The number of carbonyl (C=O) groups is 2. The number of aromatic nitrogens is 3. The molecule has 0 fully saturated rings. The highest BCUT2D eigenvalue weighted by Crippen LogP contribution is 2.24. The van der Waals surface area contributed by atoms with E-state index in [1.807, 2.05) is 49.4 Å². The molecule has 0 radical (unpaired) electrons. The Hall–Kier alpha value is -4.31. The van der Waals surface area contributed by atoms with Gasteiger partial charge in [0.05, 0.1) is 23.6 Å². The van der Waals surface area contributed by atoms with Crippen molar-refractivity contribution in [3.05, 3.63) is 84.4 Å². The van der Waals surface area contributed by atoms with Crippen molar-refractivity contribution < 1.29 is 14.3 Å². The van der Waals surface area contributed by atoms with E-state index in [1.54, 1.807) is 36.4 Å². The number of carbonyl (C=O) groups excluding carboxylic acids is 2. The number of anilines is 2. The molecule has 4 rings (SSSR count). The molecule has 2 amide bonds. The van der Waals surface area contributed by atoms with E-state index in [9.17, 15) is 9.59 Å². The number of benzene rings is 3. The Morgan fingerprint density at radius 3 is 2.40 bits per heavy atom. The molecular weight excluding hydrogens is 464 g/mol. The number of nitrogens with zero attached hydrogens (tertiary/aromatic N) is 3. The first kappa shape index (κ1) is 23.8. The Morgan fingerprint density at radius 1 is 0.943 bits per heavy atom. The number of nitrogens with one attached hydrogen (secondary N) is 2. The van der Waals surface area contributed by atoms with E-state index in [1.165, 1.54) is 4.68 Å². The molecular formula is C25H24N6O3S. The molecule has 1 aromatic heterocycles. The van der Waals surface area contributed by atoms with Crippen LogP contribution in [-0.4, -0.2) is 39.0 Å². The monoisotopic (exact) mass is 488 g/mol. The highest BCUT2D eigenvalue weighted by Gasteiger charge is 2.16. The fourth-order valence-electron chi connectivity index (χ4n) is 3.27. The van der Waals surface area contributed by atoms with Crippen LogP contribution < -0.4 is 21.2 Å². The summed E-state index contributed by atoms with van der Waals surface area (Å²) in [6, 6.07) is 23.3. The molecule has 35 heavy (non-hydrogen) atoms. The number of ether oxygens (including phenoxy) is 1. The standard InChI is InChI=1S/C25H24N6O3S/c1-2-34-19-14-12-17(13-15-19)23-29-30-25(31(23)26)35-16-22(32)28-21-11-7-6-10-20(21)24(33)27-18-8-4-3-5-9-18/h3-15H,2,16,26H2,1H3,(H,27,33)(H,28,32). The van der Waals surface area contributed by atoms with Crippen LogP contribution in [0.5, 0.6) is 5.75 Å². The molecule has 0 bridgehead atoms. The molecule has 3 aromatic carbocycles. The van der Waals surface area contributed by atoms with Gasteiger partial charge in [0.2, 0.25) is 11.1 Å². The summed E-state index contributed by atoms with van der Waals surface area (Å²) in [5.74, 6) is 6.80. The predicted molar refractivity (Wildman–Crippen MR) is 137 cm³/mol.